The number of carboxylic acids is 1. The lowest BCUT2D eigenvalue weighted by molar-refractivity contribution is 0.0697. The molecule has 1 atom stereocenters. The second-order valence-corrected chi connectivity index (χ2v) is 4.25. The van der Waals surface area contributed by atoms with Gasteiger partial charge in [-0.15, -0.1) is 0 Å². The molecule has 2 aromatic carbocycles. The molecule has 2 rings (SSSR count). The molecule has 0 aliphatic carbocycles. The summed E-state index contributed by atoms with van der Waals surface area (Å²) in [7, 11) is 0. The molecule has 0 bridgehead atoms. The Balaban J connectivity index is 2.12. The molecular formula is C16H16O3. The first-order valence-corrected chi connectivity index (χ1v) is 6.25. The molecule has 0 saturated carbocycles. The number of aromatic carboxylic acids is 1. The third-order valence-corrected chi connectivity index (χ3v) is 2.92. The predicted octanol–water partition coefficient (Wildman–Crippen LogP) is 3.91. The van der Waals surface area contributed by atoms with Crippen LogP contribution >= 0.6 is 0 Å². The molecule has 0 heterocycles. The highest BCUT2D eigenvalue weighted by Gasteiger charge is 2.11. The molecule has 0 amide bonds. The highest BCUT2D eigenvalue weighted by atomic mass is 16.5. The lowest BCUT2D eigenvalue weighted by Crippen LogP contribution is -2.06. The number of hydrogen-bond acceptors (Lipinski definition) is 2. The Morgan fingerprint density at radius 1 is 1.11 bits per heavy atom. The van der Waals surface area contributed by atoms with Crippen molar-refractivity contribution in [1.29, 1.82) is 0 Å². The van der Waals surface area contributed by atoms with E-state index in [1.165, 1.54) is 0 Å². The average molecular weight is 256 g/mol. The summed E-state index contributed by atoms with van der Waals surface area (Å²) < 4.78 is 5.89. The number of carboxylic acid groups (broad SMARTS) is 1. The smallest absolute Gasteiger partial charge is 0.335 e. The van der Waals surface area contributed by atoms with E-state index in [-0.39, 0.29) is 11.7 Å². The summed E-state index contributed by atoms with van der Waals surface area (Å²) in [4.78, 5) is 10.8. The van der Waals surface area contributed by atoms with Gasteiger partial charge in [0.2, 0.25) is 0 Å². The van der Waals surface area contributed by atoms with E-state index in [0.717, 1.165) is 12.0 Å². The van der Waals surface area contributed by atoms with Crippen molar-refractivity contribution in [2.24, 2.45) is 0 Å². The highest BCUT2D eigenvalue weighted by Crippen LogP contribution is 2.24. The van der Waals surface area contributed by atoms with Gasteiger partial charge in [0.15, 0.2) is 0 Å². The lowest BCUT2D eigenvalue weighted by Gasteiger charge is -2.18. The van der Waals surface area contributed by atoms with Crippen LogP contribution in [-0.2, 0) is 0 Å². The van der Waals surface area contributed by atoms with E-state index in [0.29, 0.717) is 5.75 Å². The van der Waals surface area contributed by atoms with Crippen LogP contribution in [0.3, 0.4) is 0 Å². The molecule has 3 nitrogen and oxygen atoms in total. The Morgan fingerprint density at radius 2 is 1.74 bits per heavy atom. The fourth-order valence-corrected chi connectivity index (χ4v) is 1.90. The van der Waals surface area contributed by atoms with Crippen LogP contribution < -0.4 is 4.74 Å². The van der Waals surface area contributed by atoms with E-state index in [9.17, 15) is 4.79 Å². The van der Waals surface area contributed by atoms with Gasteiger partial charge in [0, 0.05) is 0 Å². The summed E-state index contributed by atoms with van der Waals surface area (Å²) in [6, 6.07) is 16.5. The van der Waals surface area contributed by atoms with Crippen LogP contribution in [0.25, 0.3) is 0 Å². The quantitative estimate of drug-likeness (QED) is 0.882. The maximum absolute atomic E-state index is 10.8. The number of ether oxygens (including phenoxy) is 1. The molecule has 1 N–H and O–H groups in total. The van der Waals surface area contributed by atoms with Gasteiger partial charge in [0.1, 0.15) is 11.9 Å². The van der Waals surface area contributed by atoms with Crippen LogP contribution in [0, 0.1) is 0 Å². The van der Waals surface area contributed by atoms with Crippen molar-refractivity contribution in [3.63, 3.8) is 0 Å². The van der Waals surface area contributed by atoms with E-state index in [2.05, 4.69) is 6.92 Å². The Hall–Kier alpha value is -2.29. The minimum Gasteiger partial charge on any atom is -0.486 e. The zero-order valence-electron chi connectivity index (χ0n) is 10.7. The Morgan fingerprint density at radius 3 is 2.26 bits per heavy atom. The summed E-state index contributed by atoms with van der Waals surface area (Å²) in [6.45, 7) is 2.06. The molecule has 0 aliphatic rings. The number of carbonyl (C=O) groups is 1. The maximum Gasteiger partial charge on any atom is 0.335 e. The summed E-state index contributed by atoms with van der Waals surface area (Å²) in [6.07, 6.45) is 0.835. The van der Waals surface area contributed by atoms with Crippen LogP contribution in [-0.4, -0.2) is 11.1 Å². The minimum atomic E-state index is -0.929. The minimum absolute atomic E-state index is 0.0168. The Bertz CT molecular complexity index is 532. The van der Waals surface area contributed by atoms with Crippen LogP contribution in [0.4, 0.5) is 0 Å². The van der Waals surface area contributed by atoms with Gasteiger partial charge in [-0.3, -0.25) is 0 Å². The molecule has 0 fully saturated rings. The van der Waals surface area contributed by atoms with Crippen LogP contribution in [0.1, 0.15) is 35.4 Å². The second-order valence-electron chi connectivity index (χ2n) is 4.25. The summed E-state index contributed by atoms with van der Waals surface area (Å²) in [5.41, 5.74) is 1.38. The van der Waals surface area contributed by atoms with E-state index >= 15 is 0 Å². The molecule has 0 spiro atoms. The first kappa shape index (κ1) is 13.1. The SMILES string of the molecule is CCC(Oc1ccc(C(=O)O)cc1)c1ccccc1. The summed E-state index contributed by atoms with van der Waals surface area (Å²) >= 11 is 0. The molecule has 19 heavy (non-hydrogen) atoms. The Kier molecular flexibility index (Phi) is 4.18. The fourth-order valence-electron chi connectivity index (χ4n) is 1.90. The molecule has 2 aromatic rings. The lowest BCUT2D eigenvalue weighted by atomic mass is 10.1. The van der Waals surface area contributed by atoms with Crippen LogP contribution in [0.15, 0.2) is 54.6 Å². The van der Waals surface area contributed by atoms with Crippen molar-refractivity contribution in [3.8, 4) is 5.75 Å². The standard InChI is InChI=1S/C16H16O3/c1-2-15(12-6-4-3-5-7-12)19-14-10-8-13(9-11-14)16(17)18/h3-11,15H,2H2,1H3,(H,17,18). The topological polar surface area (TPSA) is 46.5 Å². The van der Waals surface area contributed by atoms with Gasteiger partial charge in [-0.2, -0.15) is 0 Å². The fraction of sp³-hybridized carbons (Fsp3) is 0.188. The summed E-state index contributed by atoms with van der Waals surface area (Å²) in [5, 5.41) is 8.84. The Labute approximate surface area is 112 Å². The monoisotopic (exact) mass is 256 g/mol. The molecular weight excluding hydrogens is 240 g/mol. The van der Waals surface area contributed by atoms with Gasteiger partial charge >= 0.3 is 5.97 Å². The second kappa shape index (κ2) is 6.05. The van der Waals surface area contributed by atoms with Crippen LogP contribution in [0.2, 0.25) is 0 Å². The van der Waals surface area contributed by atoms with Crippen molar-refractivity contribution in [3.05, 3.63) is 65.7 Å². The van der Waals surface area contributed by atoms with Crippen molar-refractivity contribution < 1.29 is 14.6 Å². The van der Waals surface area contributed by atoms with Crippen molar-refractivity contribution in [2.75, 3.05) is 0 Å². The van der Waals surface area contributed by atoms with E-state index < -0.39 is 5.97 Å². The van der Waals surface area contributed by atoms with Gasteiger partial charge in [-0.1, -0.05) is 37.3 Å². The highest BCUT2D eigenvalue weighted by molar-refractivity contribution is 5.87. The van der Waals surface area contributed by atoms with Gasteiger partial charge in [-0.05, 0) is 36.2 Å². The van der Waals surface area contributed by atoms with Crippen molar-refractivity contribution in [2.45, 2.75) is 19.4 Å². The van der Waals surface area contributed by atoms with Gasteiger partial charge in [0.25, 0.3) is 0 Å². The van der Waals surface area contributed by atoms with E-state index in [1.54, 1.807) is 24.3 Å². The summed E-state index contributed by atoms with van der Waals surface area (Å²) in [5.74, 6) is -0.248. The third kappa shape index (κ3) is 3.35. The first-order chi connectivity index (χ1) is 9.20. The first-order valence-electron chi connectivity index (χ1n) is 6.25. The molecule has 1 unspecified atom stereocenters. The molecule has 0 aliphatic heterocycles. The van der Waals surface area contributed by atoms with E-state index in [4.69, 9.17) is 9.84 Å². The van der Waals surface area contributed by atoms with Gasteiger partial charge < -0.3 is 9.84 Å². The molecule has 0 radical (unpaired) electrons. The zero-order chi connectivity index (χ0) is 13.7. The molecule has 98 valence electrons. The number of rotatable bonds is 5. The molecule has 0 saturated heterocycles. The van der Waals surface area contributed by atoms with Crippen molar-refractivity contribution in [1.82, 2.24) is 0 Å². The number of benzene rings is 2. The average Bonchev–Trinajstić information content (AvgIpc) is 2.46. The number of hydrogen-bond donors (Lipinski definition) is 1. The zero-order valence-corrected chi connectivity index (χ0v) is 10.7. The predicted molar refractivity (Wildman–Crippen MR) is 73.5 cm³/mol. The van der Waals surface area contributed by atoms with Crippen LogP contribution in [0.5, 0.6) is 5.75 Å². The normalized spacial score (nSPS) is 11.8. The van der Waals surface area contributed by atoms with Crippen molar-refractivity contribution >= 4 is 5.97 Å². The maximum atomic E-state index is 10.8. The third-order valence-electron chi connectivity index (χ3n) is 2.92. The largest absolute Gasteiger partial charge is 0.486 e. The van der Waals surface area contributed by atoms with E-state index in [1.807, 2.05) is 30.3 Å². The molecule has 3 heteroatoms. The van der Waals surface area contributed by atoms with Gasteiger partial charge in [-0.25, -0.2) is 4.79 Å². The van der Waals surface area contributed by atoms with Gasteiger partial charge in [0.05, 0.1) is 5.56 Å². The molecule has 0 aromatic heterocycles.